The van der Waals surface area contributed by atoms with Gasteiger partial charge in [-0.05, 0) is 47.5 Å². The fraction of sp³-hybridized carbons (Fsp3) is 0.600. The number of rotatable bonds is 10. The van der Waals surface area contributed by atoms with E-state index in [0.29, 0.717) is 13.2 Å². The van der Waals surface area contributed by atoms with Crippen molar-refractivity contribution >= 4 is 40.7 Å². The molecule has 136 valence electrons. The molecule has 8 heteroatoms. The summed E-state index contributed by atoms with van der Waals surface area (Å²) in [6.07, 6.45) is -0.309. The maximum Gasteiger partial charge on any atom is 0.175 e. The first-order valence-corrected chi connectivity index (χ1v) is 7.96. The number of halogens is 3. The minimum absolute atomic E-state index is 0. The topological polar surface area (TPSA) is 62.8 Å². The van der Waals surface area contributed by atoms with Crippen LogP contribution >= 0.6 is 40.7 Å². The van der Waals surface area contributed by atoms with E-state index >= 15 is 0 Å². The van der Waals surface area contributed by atoms with Crippen LogP contribution in [0.5, 0.6) is 11.5 Å². The maximum atomic E-state index is 9.13. The molecule has 0 saturated carbocycles. The zero-order chi connectivity index (χ0) is 15.7. The molecule has 1 rings (SSSR count). The lowest BCUT2D eigenvalue weighted by molar-refractivity contribution is 0.191. The van der Waals surface area contributed by atoms with Gasteiger partial charge in [0.15, 0.2) is 11.5 Å². The van der Waals surface area contributed by atoms with Crippen LogP contribution < -0.4 is 20.1 Å². The predicted molar refractivity (Wildman–Crippen MR) is 103 cm³/mol. The van der Waals surface area contributed by atoms with Gasteiger partial charge >= 0.3 is 0 Å². The average molecular weight is 434 g/mol. The number of aliphatic hydroxyl groups excluding tert-OH is 1. The van der Waals surface area contributed by atoms with E-state index < -0.39 is 0 Å². The summed E-state index contributed by atoms with van der Waals surface area (Å²) >= 11 is 3.52. The maximum absolute atomic E-state index is 9.13. The van der Waals surface area contributed by atoms with Crippen LogP contribution in [-0.2, 0) is 6.54 Å². The molecular formula is C15H27BrCl2N2O3. The summed E-state index contributed by atoms with van der Waals surface area (Å²) < 4.78 is 11.8. The Morgan fingerprint density at radius 3 is 2.43 bits per heavy atom. The van der Waals surface area contributed by atoms with Gasteiger partial charge in [-0.2, -0.15) is 0 Å². The summed E-state index contributed by atoms with van der Waals surface area (Å²) in [6.45, 7) is 7.33. The second-order valence-corrected chi connectivity index (χ2v) is 5.63. The van der Waals surface area contributed by atoms with Gasteiger partial charge in [-0.3, -0.25) is 0 Å². The molecule has 0 heterocycles. The van der Waals surface area contributed by atoms with E-state index in [2.05, 4.69) is 26.6 Å². The first-order chi connectivity index (χ1) is 10.1. The van der Waals surface area contributed by atoms with E-state index in [0.717, 1.165) is 41.2 Å². The summed E-state index contributed by atoms with van der Waals surface area (Å²) in [6, 6.07) is 4.01. The molecule has 0 aliphatic carbocycles. The highest BCUT2D eigenvalue weighted by Crippen LogP contribution is 2.36. The van der Waals surface area contributed by atoms with Gasteiger partial charge in [-0.25, -0.2) is 0 Å². The molecule has 1 aromatic carbocycles. The molecule has 0 aliphatic heterocycles. The first-order valence-electron chi connectivity index (χ1n) is 7.17. The molecular weight excluding hydrogens is 407 g/mol. The largest absolute Gasteiger partial charge is 0.493 e. The van der Waals surface area contributed by atoms with Gasteiger partial charge < -0.3 is 25.2 Å². The molecule has 0 aliphatic rings. The van der Waals surface area contributed by atoms with Crippen LogP contribution in [0.25, 0.3) is 0 Å². The lowest BCUT2D eigenvalue weighted by Gasteiger charge is -2.14. The fourth-order valence-corrected chi connectivity index (χ4v) is 2.48. The van der Waals surface area contributed by atoms with Crippen LogP contribution in [-0.4, -0.2) is 44.6 Å². The molecule has 1 atom stereocenters. The summed E-state index contributed by atoms with van der Waals surface area (Å²) in [5.41, 5.74) is 1.12. The van der Waals surface area contributed by atoms with Gasteiger partial charge in [-0.15, -0.1) is 24.8 Å². The Kier molecular flexibility index (Phi) is 15.4. The molecule has 23 heavy (non-hydrogen) atoms. The third-order valence-electron chi connectivity index (χ3n) is 2.83. The molecule has 1 aromatic rings. The lowest BCUT2D eigenvalue weighted by atomic mass is 10.2. The van der Waals surface area contributed by atoms with Crippen LogP contribution in [0.2, 0.25) is 0 Å². The molecule has 0 aromatic heterocycles. The summed E-state index contributed by atoms with van der Waals surface area (Å²) in [4.78, 5) is 0. The number of hydrogen-bond donors (Lipinski definition) is 3. The van der Waals surface area contributed by atoms with Crippen LogP contribution in [0, 0.1) is 0 Å². The van der Waals surface area contributed by atoms with Gasteiger partial charge in [0.05, 0.1) is 24.3 Å². The van der Waals surface area contributed by atoms with Gasteiger partial charge in [0.2, 0.25) is 0 Å². The highest BCUT2D eigenvalue weighted by Gasteiger charge is 2.10. The predicted octanol–water partition coefficient (Wildman–Crippen LogP) is 2.76. The quantitative estimate of drug-likeness (QED) is 0.495. The van der Waals surface area contributed by atoms with Gasteiger partial charge in [-0.1, -0.05) is 0 Å². The number of ether oxygens (including phenoxy) is 2. The minimum atomic E-state index is -0.309. The molecule has 5 nitrogen and oxygen atoms in total. The molecule has 0 bridgehead atoms. The van der Waals surface area contributed by atoms with Crippen molar-refractivity contribution in [2.24, 2.45) is 0 Å². The Hall–Kier alpha value is -0.240. The van der Waals surface area contributed by atoms with Crippen LogP contribution in [0.4, 0.5) is 0 Å². The lowest BCUT2D eigenvalue weighted by Crippen LogP contribution is -2.31. The van der Waals surface area contributed by atoms with Crippen molar-refractivity contribution in [2.75, 3.05) is 33.4 Å². The van der Waals surface area contributed by atoms with E-state index in [-0.39, 0.29) is 30.9 Å². The SMILES string of the molecule is CCOc1c(Br)cc(CNCCNCC(C)O)cc1OC.Cl.Cl. The highest BCUT2D eigenvalue weighted by atomic mass is 79.9. The van der Waals surface area contributed by atoms with Crippen molar-refractivity contribution in [3.63, 3.8) is 0 Å². The number of aliphatic hydroxyl groups is 1. The Balaban J connectivity index is 0. The van der Waals surface area contributed by atoms with Crippen molar-refractivity contribution < 1.29 is 14.6 Å². The number of benzene rings is 1. The minimum Gasteiger partial charge on any atom is -0.493 e. The van der Waals surface area contributed by atoms with Crippen LogP contribution in [0.1, 0.15) is 19.4 Å². The smallest absolute Gasteiger partial charge is 0.175 e. The van der Waals surface area contributed by atoms with Crippen molar-refractivity contribution in [3.05, 3.63) is 22.2 Å². The monoisotopic (exact) mass is 432 g/mol. The molecule has 0 spiro atoms. The Bertz CT molecular complexity index is 437. The second-order valence-electron chi connectivity index (χ2n) is 4.77. The normalized spacial score (nSPS) is 11.2. The third kappa shape index (κ3) is 9.59. The number of hydrogen-bond acceptors (Lipinski definition) is 5. The standard InChI is InChI=1S/C15H25BrN2O3.2ClH/c1-4-21-15-13(16)7-12(8-14(15)20-3)10-18-6-5-17-9-11(2)19;;/h7-8,11,17-19H,4-6,9-10H2,1-3H3;2*1H. The molecule has 1 unspecified atom stereocenters. The molecule has 0 fully saturated rings. The molecule has 0 saturated heterocycles. The van der Waals surface area contributed by atoms with E-state index in [1.807, 2.05) is 19.1 Å². The summed E-state index contributed by atoms with van der Waals surface area (Å²) in [5, 5.41) is 15.6. The molecule has 3 N–H and O–H groups in total. The summed E-state index contributed by atoms with van der Waals surface area (Å²) in [5.74, 6) is 1.47. The zero-order valence-electron chi connectivity index (χ0n) is 13.7. The first kappa shape index (κ1) is 25.0. The van der Waals surface area contributed by atoms with E-state index in [1.54, 1.807) is 14.0 Å². The van der Waals surface area contributed by atoms with Crippen LogP contribution in [0.15, 0.2) is 16.6 Å². The van der Waals surface area contributed by atoms with E-state index in [4.69, 9.17) is 14.6 Å². The average Bonchev–Trinajstić information content (AvgIpc) is 2.44. The van der Waals surface area contributed by atoms with Gasteiger partial charge in [0.25, 0.3) is 0 Å². The molecule has 0 radical (unpaired) electrons. The van der Waals surface area contributed by atoms with Crippen molar-refractivity contribution in [3.8, 4) is 11.5 Å². The Morgan fingerprint density at radius 2 is 1.87 bits per heavy atom. The summed E-state index contributed by atoms with van der Waals surface area (Å²) in [7, 11) is 1.64. The molecule has 0 amide bonds. The van der Waals surface area contributed by atoms with E-state index in [9.17, 15) is 0 Å². The number of nitrogens with one attached hydrogen (secondary N) is 2. The zero-order valence-corrected chi connectivity index (χ0v) is 16.9. The van der Waals surface area contributed by atoms with Gasteiger partial charge in [0, 0.05) is 26.2 Å². The van der Waals surface area contributed by atoms with Crippen molar-refractivity contribution in [1.82, 2.24) is 10.6 Å². The second kappa shape index (κ2) is 14.1. The number of methoxy groups -OCH3 is 1. The van der Waals surface area contributed by atoms with Gasteiger partial charge in [0.1, 0.15) is 0 Å². The van der Waals surface area contributed by atoms with Crippen molar-refractivity contribution in [2.45, 2.75) is 26.5 Å². The Morgan fingerprint density at radius 1 is 1.22 bits per heavy atom. The fourth-order valence-electron chi connectivity index (χ4n) is 1.88. The van der Waals surface area contributed by atoms with Crippen molar-refractivity contribution in [1.29, 1.82) is 0 Å². The third-order valence-corrected chi connectivity index (χ3v) is 3.41. The Labute approximate surface area is 159 Å². The highest BCUT2D eigenvalue weighted by molar-refractivity contribution is 9.10. The van der Waals surface area contributed by atoms with Crippen LogP contribution in [0.3, 0.4) is 0 Å². The van der Waals surface area contributed by atoms with E-state index in [1.165, 1.54) is 0 Å².